The fourth-order valence-corrected chi connectivity index (χ4v) is 2.91. The molecule has 1 aromatic heterocycles. The van der Waals surface area contributed by atoms with E-state index in [2.05, 4.69) is 15.5 Å². The van der Waals surface area contributed by atoms with E-state index in [0.29, 0.717) is 26.4 Å². The average molecular weight is 318 g/mol. The summed E-state index contributed by atoms with van der Waals surface area (Å²) in [7, 11) is 1.66. The predicted octanol–water partition coefficient (Wildman–Crippen LogP) is 2.14. The van der Waals surface area contributed by atoms with Gasteiger partial charge in [-0.3, -0.25) is 5.10 Å². The molecule has 1 aliphatic rings. The van der Waals surface area contributed by atoms with Crippen molar-refractivity contribution in [2.75, 3.05) is 38.8 Å². The van der Waals surface area contributed by atoms with Gasteiger partial charge in [0.05, 0.1) is 31.0 Å². The minimum absolute atomic E-state index is 0.0423. The molecule has 0 aliphatic carbocycles. The number of methoxy groups -OCH3 is 1. The number of benzene rings is 1. The van der Waals surface area contributed by atoms with E-state index in [4.69, 9.17) is 9.47 Å². The Balaban J connectivity index is 1.73. The van der Waals surface area contributed by atoms with Crippen LogP contribution in [0, 0.1) is 6.92 Å². The molecular formula is C16H22N4O3. The normalized spacial score (nSPS) is 18.3. The Morgan fingerprint density at radius 2 is 2.43 bits per heavy atom. The second-order valence-electron chi connectivity index (χ2n) is 5.76. The lowest BCUT2D eigenvalue weighted by Gasteiger charge is -2.35. The van der Waals surface area contributed by atoms with Crippen molar-refractivity contribution in [3.63, 3.8) is 0 Å². The van der Waals surface area contributed by atoms with Crippen LogP contribution in [-0.2, 0) is 9.47 Å². The largest absolute Gasteiger partial charge is 0.385 e. The lowest BCUT2D eigenvalue weighted by atomic mass is 10.1. The third kappa shape index (κ3) is 3.46. The summed E-state index contributed by atoms with van der Waals surface area (Å²) in [5.41, 5.74) is 2.75. The van der Waals surface area contributed by atoms with Crippen LogP contribution < -0.4 is 5.32 Å². The molecule has 0 radical (unpaired) electrons. The summed E-state index contributed by atoms with van der Waals surface area (Å²) < 4.78 is 10.6. The summed E-state index contributed by atoms with van der Waals surface area (Å²) in [5.74, 6) is 0. The Morgan fingerprint density at radius 1 is 1.57 bits per heavy atom. The summed E-state index contributed by atoms with van der Waals surface area (Å²) in [6.07, 6.45) is 2.56. The lowest BCUT2D eigenvalue weighted by Crippen LogP contribution is -2.50. The molecule has 3 rings (SSSR count). The monoisotopic (exact) mass is 318 g/mol. The zero-order chi connectivity index (χ0) is 16.2. The number of aromatic amines is 1. The van der Waals surface area contributed by atoms with Crippen LogP contribution in [0.5, 0.6) is 0 Å². The molecule has 124 valence electrons. The number of nitrogens with one attached hydrogen (secondary N) is 2. The molecule has 7 nitrogen and oxygen atoms in total. The Labute approximate surface area is 134 Å². The van der Waals surface area contributed by atoms with Crippen LogP contribution in [0.1, 0.15) is 12.0 Å². The van der Waals surface area contributed by atoms with Gasteiger partial charge >= 0.3 is 6.03 Å². The van der Waals surface area contributed by atoms with Gasteiger partial charge in [-0.1, -0.05) is 0 Å². The molecular weight excluding hydrogens is 296 g/mol. The van der Waals surface area contributed by atoms with Crippen molar-refractivity contribution >= 4 is 22.6 Å². The number of H-pyrrole nitrogens is 1. The molecule has 0 unspecified atom stereocenters. The molecule has 2 amide bonds. The number of fused-ring (bicyclic) bond motifs is 1. The zero-order valence-corrected chi connectivity index (χ0v) is 13.5. The van der Waals surface area contributed by atoms with E-state index in [1.165, 1.54) is 0 Å². The van der Waals surface area contributed by atoms with E-state index < -0.39 is 0 Å². The van der Waals surface area contributed by atoms with Gasteiger partial charge in [0.15, 0.2) is 0 Å². The molecule has 0 saturated carbocycles. The van der Waals surface area contributed by atoms with E-state index in [9.17, 15) is 4.79 Å². The van der Waals surface area contributed by atoms with E-state index in [1.54, 1.807) is 13.3 Å². The number of urea groups is 1. The number of aryl methyl sites for hydroxylation is 1. The van der Waals surface area contributed by atoms with Crippen molar-refractivity contribution in [3.05, 3.63) is 23.9 Å². The Kier molecular flexibility index (Phi) is 4.78. The summed E-state index contributed by atoms with van der Waals surface area (Å²) in [6, 6.07) is 3.80. The van der Waals surface area contributed by atoms with Crippen LogP contribution >= 0.6 is 0 Å². The van der Waals surface area contributed by atoms with E-state index in [1.807, 2.05) is 24.0 Å². The SMILES string of the molecule is COCC[C@H]1COCCN1C(=O)Nc1cc(C)c2cn[nH]c2c1. The van der Waals surface area contributed by atoms with Crippen molar-refractivity contribution in [2.45, 2.75) is 19.4 Å². The van der Waals surface area contributed by atoms with Crippen molar-refractivity contribution in [1.29, 1.82) is 0 Å². The van der Waals surface area contributed by atoms with E-state index in [-0.39, 0.29) is 12.1 Å². The second kappa shape index (κ2) is 6.97. The van der Waals surface area contributed by atoms with Crippen LogP contribution in [0.2, 0.25) is 0 Å². The number of hydrogen-bond acceptors (Lipinski definition) is 4. The smallest absolute Gasteiger partial charge is 0.322 e. The molecule has 0 bridgehead atoms. The minimum atomic E-state index is -0.104. The van der Waals surface area contributed by atoms with Gasteiger partial charge in [-0.05, 0) is 31.0 Å². The van der Waals surface area contributed by atoms with Crippen LogP contribution in [-0.4, -0.2) is 60.6 Å². The number of anilines is 1. The van der Waals surface area contributed by atoms with Crippen LogP contribution in [0.4, 0.5) is 10.5 Å². The van der Waals surface area contributed by atoms with Crippen LogP contribution in [0.3, 0.4) is 0 Å². The van der Waals surface area contributed by atoms with E-state index >= 15 is 0 Å². The highest BCUT2D eigenvalue weighted by Gasteiger charge is 2.27. The summed E-state index contributed by atoms with van der Waals surface area (Å²) in [6.45, 7) is 4.32. The first-order valence-electron chi connectivity index (χ1n) is 7.77. The highest BCUT2D eigenvalue weighted by molar-refractivity contribution is 5.93. The van der Waals surface area contributed by atoms with Crippen molar-refractivity contribution in [1.82, 2.24) is 15.1 Å². The van der Waals surface area contributed by atoms with Crippen LogP contribution in [0.25, 0.3) is 10.9 Å². The number of hydrogen-bond donors (Lipinski definition) is 2. The Morgan fingerprint density at radius 3 is 3.26 bits per heavy atom. The third-order valence-corrected chi connectivity index (χ3v) is 4.16. The lowest BCUT2D eigenvalue weighted by molar-refractivity contribution is 0.00449. The fourth-order valence-electron chi connectivity index (χ4n) is 2.91. The highest BCUT2D eigenvalue weighted by Crippen LogP contribution is 2.22. The van der Waals surface area contributed by atoms with Gasteiger partial charge in [0, 0.05) is 31.3 Å². The fraction of sp³-hybridized carbons (Fsp3) is 0.500. The summed E-state index contributed by atoms with van der Waals surface area (Å²) >= 11 is 0. The maximum atomic E-state index is 12.6. The van der Waals surface area contributed by atoms with E-state index in [0.717, 1.165) is 28.6 Å². The zero-order valence-electron chi connectivity index (χ0n) is 13.5. The predicted molar refractivity (Wildman–Crippen MR) is 87.7 cm³/mol. The Hall–Kier alpha value is -2.12. The molecule has 1 aliphatic heterocycles. The quantitative estimate of drug-likeness (QED) is 0.905. The van der Waals surface area contributed by atoms with Crippen molar-refractivity contribution in [3.8, 4) is 0 Å². The van der Waals surface area contributed by atoms with Gasteiger partial charge in [-0.25, -0.2) is 4.79 Å². The number of rotatable bonds is 4. The first-order chi connectivity index (χ1) is 11.2. The first kappa shape index (κ1) is 15.8. The maximum Gasteiger partial charge on any atom is 0.322 e. The molecule has 2 aromatic rings. The van der Waals surface area contributed by atoms with Crippen molar-refractivity contribution < 1.29 is 14.3 Å². The molecule has 1 aromatic carbocycles. The average Bonchev–Trinajstić information content (AvgIpc) is 3.02. The van der Waals surface area contributed by atoms with Gasteiger partial charge in [0.2, 0.25) is 0 Å². The molecule has 2 N–H and O–H groups in total. The first-order valence-corrected chi connectivity index (χ1v) is 7.77. The summed E-state index contributed by atoms with van der Waals surface area (Å²) in [4.78, 5) is 14.4. The highest BCUT2D eigenvalue weighted by atomic mass is 16.5. The molecule has 0 spiro atoms. The standard InChI is InChI=1S/C16H22N4O3/c1-11-7-12(8-15-14(11)9-17-19-15)18-16(21)20-4-6-23-10-13(20)3-5-22-2/h7-9,13H,3-6,10H2,1-2H3,(H,17,19)(H,18,21)/t13-/m0/s1. The Bertz CT molecular complexity index is 685. The number of amides is 2. The molecule has 1 atom stereocenters. The third-order valence-electron chi connectivity index (χ3n) is 4.16. The molecule has 2 heterocycles. The van der Waals surface area contributed by atoms with Gasteiger partial charge in [0.25, 0.3) is 0 Å². The van der Waals surface area contributed by atoms with Gasteiger partial charge < -0.3 is 19.7 Å². The number of morpholine rings is 1. The van der Waals surface area contributed by atoms with Gasteiger partial charge in [-0.15, -0.1) is 0 Å². The summed E-state index contributed by atoms with van der Waals surface area (Å²) in [5, 5.41) is 11.0. The maximum absolute atomic E-state index is 12.6. The number of ether oxygens (including phenoxy) is 2. The molecule has 1 saturated heterocycles. The molecule has 1 fully saturated rings. The number of nitrogens with zero attached hydrogens (tertiary/aromatic N) is 2. The number of aromatic nitrogens is 2. The van der Waals surface area contributed by atoms with Gasteiger partial charge in [-0.2, -0.15) is 5.10 Å². The molecule has 7 heteroatoms. The second-order valence-corrected chi connectivity index (χ2v) is 5.76. The number of carbonyl (C=O) groups excluding carboxylic acids is 1. The van der Waals surface area contributed by atoms with Gasteiger partial charge in [0.1, 0.15) is 0 Å². The topological polar surface area (TPSA) is 79.5 Å². The number of carbonyl (C=O) groups is 1. The van der Waals surface area contributed by atoms with Crippen molar-refractivity contribution in [2.24, 2.45) is 0 Å². The minimum Gasteiger partial charge on any atom is -0.385 e. The van der Waals surface area contributed by atoms with Crippen LogP contribution in [0.15, 0.2) is 18.3 Å². The molecule has 23 heavy (non-hydrogen) atoms.